The second-order valence-corrected chi connectivity index (χ2v) is 5.32. The van der Waals surface area contributed by atoms with Gasteiger partial charge in [-0.3, -0.25) is 4.79 Å². The molecule has 0 aliphatic heterocycles. The number of hydrogen-bond donors (Lipinski definition) is 1. The van der Waals surface area contributed by atoms with Gasteiger partial charge >= 0.3 is 0 Å². The van der Waals surface area contributed by atoms with Crippen molar-refractivity contribution in [3.8, 4) is 11.8 Å². The number of carbonyl (C=O) groups is 1. The summed E-state index contributed by atoms with van der Waals surface area (Å²) in [4.78, 5) is 12.3. The van der Waals surface area contributed by atoms with Crippen molar-refractivity contribution in [2.24, 2.45) is 0 Å². The summed E-state index contributed by atoms with van der Waals surface area (Å²) in [5.41, 5.74) is 1.30. The summed E-state index contributed by atoms with van der Waals surface area (Å²) in [6.45, 7) is -0.192. The highest BCUT2D eigenvalue weighted by atomic mass is 16.5. The molecule has 2 aromatic carbocycles. The average molecular weight is 332 g/mol. The van der Waals surface area contributed by atoms with Crippen LogP contribution in [0.25, 0.3) is 0 Å². The van der Waals surface area contributed by atoms with Gasteiger partial charge in [0.15, 0.2) is 6.61 Å². The SMILES string of the molecule is N#Cc1ccccc1OCC(=O)NC(c1ccccc1)c1ccco1. The van der Waals surface area contributed by atoms with Crippen molar-refractivity contribution in [2.45, 2.75) is 6.04 Å². The Morgan fingerprint density at radius 3 is 2.56 bits per heavy atom. The zero-order chi connectivity index (χ0) is 17.5. The molecule has 1 amide bonds. The highest BCUT2D eigenvalue weighted by Gasteiger charge is 2.19. The largest absolute Gasteiger partial charge is 0.482 e. The molecular formula is C20H16N2O3. The molecule has 0 bridgehead atoms. The van der Waals surface area contributed by atoms with E-state index >= 15 is 0 Å². The number of amides is 1. The van der Waals surface area contributed by atoms with E-state index in [1.807, 2.05) is 42.5 Å². The molecule has 0 saturated carbocycles. The fraction of sp³-hybridized carbons (Fsp3) is 0.100. The summed E-state index contributed by atoms with van der Waals surface area (Å²) in [7, 11) is 0. The maximum atomic E-state index is 12.3. The van der Waals surface area contributed by atoms with Crippen LogP contribution < -0.4 is 10.1 Å². The molecule has 0 spiro atoms. The smallest absolute Gasteiger partial charge is 0.258 e. The van der Waals surface area contributed by atoms with E-state index in [1.54, 1.807) is 36.6 Å². The molecule has 25 heavy (non-hydrogen) atoms. The standard InChI is InChI=1S/C20H16N2O3/c21-13-16-9-4-5-10-17(16)25-14-19(23)22-20(18-11-6-12-24-18)15-7-2-1-3-8-15/h1-12,20H,14H2,(H,22,23). The first-order chi connectivity index (χ1) is 12.3. The van der Waals surface area contributed by atoms with Crippen LogP contribution in [0.1, 0.15) is 22.9 Å². The molecule has 0 aliphatic carbocycles. The third-order valence-corrected chi connectivity index (χ3v) is 3.63. The molecular weight excluding hydrogens is 316 g/mol. The van der Waals surface area contributed by atoms with Crippen molar-refractivity contribution < 1.29 is 13.9 Å². The van der Waals surface area contributed by atoms with Crippen LogP contribution >= 0.6 is 0 Å². The van der Waals surface area contributed by atoms with Crippen molar-refractivity contribution in [3.63, 3.8) is 0 Å². The summed E-state index contributed by atoms with van der Waals surface area (Å²) >= 11 is 0. The Morgan fingerprint density at radius 1 is 1.08 bits per heavy atom. The van der Waals surface area contributed by atoms with Gasteiger partial charge in [0.25, 0.3) is 5.91 Å². The minimum atomic E-state index is -0.404. The summed E-state index contributed by atoms with van der Waals surface area (Å²) in [5.74, 6) is 0.712. The topological polar surface area (TPSA) is 75.3 Å². The number of para-hydroxylation sites is 1. The number of carbonyl (C=O) groups excluding carboxylic acids is 1. The van der Waals surface area contributed by atoms with Gasteiger partial charge in [-0.15, -0.1) is 0 Å². The predicted octanol–water partition coefficient (Wildman–Crippen LogP) is 3.44. The van der Waals surface area contributed by atoms with E-state index in [4.69, 9.17) is 14.4 Å². The number of hydrogen-bond acceptors (Lipinski definition) is 4. The van der Waals surface area contributed by atoms with Crippen LogP contribution in [0.5, 0.6) is 5.75 Å². The van der Waals surface area contributed by atoms with Gasteiger partial charge in [0.1, 0.15) is 23.6 Å². The fourth-order valence-corrected chi connectivity index (χ4v) is 2.45. The Balaban J connectivity index is 1.70. The number of nitrogens with zero attached hydrogens (tertiary/aromatic N) is 1. The van der Waals surface area contributed by atoms with Gasteiger partial charge in [-0.1, -0.05) is 42.5 Å². The minimum absolute atomic E-state index is 0.192. The lowest BCUT2D eigenvalue weighted by molar-refractivity contribution is -0.123. The molecule has 1 atom stereocenters. The maximum Gasteiger partial charge on any atom is 0.258 e. The van der Waals surface area contributed by atoms with Crippen molar-refractivity contribution in [1.82, 2.24) is 5.32 Å². The van der Waals surface area contributed by atoms with Crippen LogP contribution in [0.3, 0.4) is 0 Å². The van der Waals surface area contributed by atoms with Crippen LogP contribution in [-0.4, -0.2) is 12.5 Å². The lowest BCUT2D eigenvalue weighted by Gasteiger charge is -2.17. The quantitative estimate of drug-likeness (QED) is 0.750. The van der Waals surface area contributed by atoms with Gasteiger partial charge in [-0.2, -0.15) is 5.26 Å². The number of furan rings is 1. The fourth-order valence-electron chi connectivity index (χ4n) is 2.45. The van der Waals surface area contributed by atoms with Gasteiger partial charge in [-0.05, 0) is 29.8 Å². The van der Waals surface area contributed by atoms with Crippen LogP contribution in [0, 0.1) is 11.3 Å². The number of rotatable bonds is 6. The molecule has 0 radical (unpaired) electrons. The lowest BCUT2D eigenvalue weighted by atomic mass is 10.0. The van der Waals surface area contributed by atoms with Gasteiger partial charge in [0, 0.05) is 0 Å². The Bertz CT molecular complexity index is 867. The van der Waals surface area contributed by atoms with Crippen LogP contribution in [0.4, 0.5) is 0 Å². The molecule has 1 heterocycles. The summed E-state index contributed by atoms with van der Waals surface area (Å²) in [6, 6.07) is 21.6. The molecule has 0 fully saturated rings. The van der Waals surface area contributed by atoms with Crippen molar-refractivity contribution in [3.05, 3.63) is 89.9 Å². The molecule has 5 heteroatoms. The number of nitrogens with one attached hydrogen (secondary N) is 1. The molecule has 3 rings (SSSR count). The molecule has 124 valence electrons. The third-order valence-electron chi connectivity index (χ3n) is 3.63. The first kappa shape index (κ1) is 16.3. The van der Waals surface area contributed by atoms with E-state index in [0.717, 1.165) is 5.56 Å². The normalized spacial score (nSPS) is 11.3. The highest BCUT2D eigenvalue weighted by Crippen LogP contribution is 2.22. The van der Waals surface area contributed by atoms with Crippen molar-refractivity contribution >= 4 is 5.91 Å². The van der Waals surface area contributed by atoms with E-state index in [2.05, 4.69) is 5.32 Å². The number of nitriles is 1. The second-order valence-electron chi connectivity index (χ2n) is 5.32. The predicted molar refractivity (Wildman–Crippen MR) is 91.8 cm³/mol. The van der Waals surface area contributed by atoms with Crippen LogP contribution in [0.15, 0.2) is 77.4 Å². The Kier molecular flexibility index (Phi) is 5.13. The zero-order valence-corrected chi connectivity index (χ0v) is 13.4. The van der Waals surface area contributed by atoms with Gasteiger partial charge in [0.05, 0.1) is 11.8 Å². The zero-order valence-electron chi connectivity index (χ0n) is 13.4. The molecule has 0 aliphatic rings. The summed E-state index contributed by atoms with van der Waals surface area (Å²) in [6.07, 6.45) is 1.57. The highest BCUT2D eigenvalue weighted by molar-refractivity contribution is 5.78. The second kappa shape index (κ2) is 7.84. The summed E-state index contributed by atoms with van der Waals surface area (Å²) < 4.78 is 10.9. The van der Waals surface area contributed by atoms with Crippen molar-refractivity contribution in [1.29, 1.82) is 5.26 Å². The minimum Gasteiger partial charge on any atom is -0.482 e. The Morgan fingerprint density at radius 2 is 1.84 bits per heavy atom. The van der Waals surface area contributed by atoms with E-state index in [1.165, 1.54) is 0 Å². The van der Waals surface area contributed by atoms with Crippen LogP contribution in [0.2, 0.25) is 0 Å². The van der Waals surface area contributed by atoms with Gasteiger partial charge in [0.2, 0.25) is 0 Å². The molecule has 0 saturated heterocycles. The van der Waals surface area contributed by atoms with Gasteiger partial charge < -0.3 is 14.5 Å². The van der Waals surface area contributed by atoms with E-state index in [-0.39, 0.29) is 12.5 Å². The Labute approximate surface area is 145 Å². The van der Waals surface area contributed by atoms with E-state index in [9.17, 15) is 4.79 Å². The van der Waals surface area contributed by atoms with E-state index in [0.29, 0.717) is 17.1 Å². The lowest BCUT2D eigenvalue weighted by Crippen LogP contribution is -2.33. The molecule has 1 N–H and O–H groups in total. The average Bonchev–Trinajstić information content (AvgIpc) is 3.20. The van der Waals surface area contributed by atoms with Crippen LogP contribution in [-0.2, 0) is 4.79 Å². The third kappa shape index (κ3) is 4.06. The van der Waals surface area contributed by atoms with E-state index < -0.39 is 6.04 Å². The molecule has 3 aromatic rings. The number of benzene rings is 2. The first-order valence-corrected chi connectivity index (χ1v) is 7.77. The maximum absolute atomic E-state index is 12.3. The van der Waals surface area contributed by atoms with Crippen molar-refractivity contribution in [2.75, 3.05) is 6.61 Å². The first-order valence-electron chi connectivity index (χ1n) is 7.77. The summed E-state index contributed by atoms with van der Waals surface area (Å²) in [5, 5.41) is 12.0. The molecule has 5 nitrogen and oxygen atoms in total. The molecule has 1 aromatic heterocycles. The number of ether oxygens (including phenoxy) is 1. The monoisotopic (exact) mass is 332 g/mol. The molecule has 1 unspecified atom stereocenters. The Hall–Kier alpha value is -3.52. The van der Waals surface area contributed by atoms with Gasteiger partial charge in [-0.25, -0.2) is 0 Å².